The highest BCUT2D eigenvalue weighted by atomic mass is 35.5. The smallest absolute Gasteiger partial charge is 0.321 e. The topological polar surface area (TPSA) is 38.8 Å². The summed E-state index contributed by atoms with van der Waals surface area (Å²) in [5.41, 5.74) is 4.29. The molecule has 2 amide bonds. The second kappa shape index (κ2) is 8.31. The van der Waals surface area contributed by atoms with Gasteiger partial charge in [-0.3, -0.25) is 0 Å². The van der Waals surface area contributed by atoms with Crippen molar-refractivity contribution in [2.75, 3.05) is 54.4 Å². The third kappa shape index (κ3) is 4.20. The van der Waals surface area contributed by atoms with E-state index in [1.807, 2.05) is 24.0 Å². The zero-order chi connectivity index (χ0) is 19.5. The molecule has 0 bridgehead atoms. The molecule has 0 spiro atoms. The Bertz CT molecular complexity index is 825. The molecule has 2 aromatic carbocycles. The molecule has 28 heavy (non-hydrogen) atoms. The third-order valence-corrected chi connectivity index (χ3v) is 6.08. The van der Waals surface area contributed by atoms with Crippen LogP contribution in [0.25, 0.3) is 0 Å². The number of nitrogens with one attached hydrogen (secondary N) is 1. The summed E-state index contributed by atoms with van der Waals surface area (Å²) in [6, 6.07) is 14.4. The van der Waals surface area contributed by atoms with Crippen LogP contribution in [0.1, 0.15) is 18.4 Å². The van der Waals surface area contributed by atoms with Gasteiger partial charge >= 0.3 is 6.03 Å². The van der Waals surface area contributed by atoms with Crippen molar-refractivity contribution in [1.82, 2.24) is 4.90 Å². The molecule has 6 heteroatoms. The SMILES string of the molecule is Cc1ccc(NC(=O)N2CCN(c3ccc(N4CCCC4)cc3)CC2)cc1Cl. The van der Waals surface area contributed by atoms with Crippen LogP contribution in [-0.4, -0.2) is 50.2 Å². The predicted octanol–water partition coefficient (Wildman–Crippen LogP) is 4.60. The Labute approximate surface area is 171 Å². The van der Waals surface area contributed by atoms with Crippen molar-refractivity contribution in [3.8, 4) is 0 Å². The van der Waals surface area contributed by atoms with Gasteiger partial charge in [-0.15, -0.1) is 0 Å². The highest BCUT2D eigenvalue weighted by Crippen LogP contribution is 2.25. The maximum atomic E-state index is 12.5. The van der Waals surface area contributed by atoms with Crippen LogP contribution >= 0.6 is 11.6 Å². The number of hydrogen-bond acceptors (Lipinski definition) is 3. The van der Waals surface area contributed by atoms with Gasteiger partial charge in [0.25, 0.3) is 0 Å². The molecule has 148 valence electrons. The quantitative estimate of drug-likeness (QED) is 0.820. The summed E-state index contributed by atoms with van der Waals surface area (Å²) in [7, 11) is 0. The molecule has 0 radical (unpaired) electrons. The summed E-state index contributed by atoms with van der Waals surface area (Å²) in [5, 5.41) is 3.62. The van der Waals surface area contributed by atoms with Crippen molar-refractivity contribution >= 4 is 34.7 Å². The lowest BCUT2D eigenvalue weighted by atomic mass is 10.2. The fraction of sp³-hybridized carbons (Fsp3) is 0.409. The first-order chi connectivity index (χ1) is 13.6. The number of urea groups is 1. The first-order valence-electron chi connectivity index (χ1n) is 10.0. The first-order valence-corrected chi connectivity index (χ1v) is 10.4. The zero-order valence-corrected chi connectivity index (χ0v) is 17.1. The maximum absolute atomic E-state index is 12.5. The third-order valence-electron chi connectivity index (χ3n) is 5.68. The van der Waals surface area contributed by atoms with E-state index in [-0.39, 0.29) is 6.03 Å². The fourth-order valence-electron chi connectivity index (χ4n) is 3.89. The summed E-state index contributed by atoms with van der Waals surface area (Å²) in [4.78, 5) is 19.2. The van der Waals surface area contributed by atoms with E-state index in [4.69, 9.17) is 11.6 Å². The molecule has 0 aromatic heterocycles. The van der Waals surface area contributed by atoms with Crippen LogP contribution in [0.5, 0.6) is 0 Å². The van der Waals surface area contributed by atoms with Gasteiger partial charge in [-0.1, -0.05) is 17.7 Å². The molecule has 2 fully saturated rings. The minimum Gasteiger partial charge on any atom is -0.372 e. The van der Waals surface area contributed by atoms with Gasteiger partial charge in [0.15, 0.2) is 0 Å². The number of piperazine rings is 1. The minimum atomic E-state index is -0.0658. The van der Waals surface area contributed by atoms with Gasteiger partial charge in [0.1, 0.15) is 0 Å². The largest absolute Gasteiger partial charge is 0.372 e. The summed E-state index contributed by atoms with van der Waals surface area (Å²) in [6.45, 7) is 7.37. The normalized spacial score (nSPS) is 17.1. The van der Waals surface area contributed by atoms with Crippen molar-refractivity contribution in [2.24, 2.45) is 0 Å². The van der Waals surface area contributed by atoms with Crippen molar-refractivity contribution in [3.63, 3.8) is 0 Å². The molecular formula is C22H27ClN4O. The van der Waals surface area contributed by atoms with E-state index in [1.165, 1.54) is 37.3 Å². The Morgan fingerprint density at radius 1 is 0.857 bits per heavy atom. The van der Waals surface area contributed by atoms with E-state index >= 15 is 0 Å². The molecule has 0 unspecified atom stereocenters. The Hall–Kier alpha value is -2.40. The van der Waals surface area contributed by atoms with Crippen molar-refractivity contribution in [3.05, 3.63) is 53.1 Å². The molecule has 0 saturated carbocycles. The van der Waals surface area contributed by atoms with Crippen LogP contribution in [-0.2, 0) is 0 Å². The molecule has 2 heterocycles. The molecule has 1 N–H and O–H groups in total. The van der Waals surface area contributed by atoms with Gasteiger partial charge < -0.3 is 20.0 Å². The molecule has 0 aliphatic carbocycles. The van der Waals surface area contributed by atoms with Crippen LogP contribution in [0.4, 0.5) is 21.9 Å². The summed E-state index contributed by atoms with van der Waals surface area (Å²) >= 11 is 6.15. The van der Waals surface area contributed by atoms with E-state index in [0.717, 1.165) is 24.3 Å². The lowest BCUT2D eigenvalue weighted by molar-refractivity contribution is 0.208. The minimum absolute atomic E-state index is 0.0658. The Morgan fingerprint density at radius 3 is 2.00 bits per heavy atom. The second-order valence-corrected chi connectivity index (χ2v) is 7.99. The van der Waals surface area contributed by atoms with Crippen LogP contribution in [0.15, 0.2) is 42.5 Å². The molecule has 2 saturated heterocycles. The lowest BCUT2D eigenvalue weighted by Crippen LogP contribution is -2.50. The van der Waals surface area contributed by atoms with Crippen LogP contribution in [0.2, 0.25) is 5.02 Å². The van der Waals surface area contributed by atoms with Crippen LogP contribution < -0.4 is 15.1 Å². The maximum Gasteiger partial charge on any atom is 0.321 e. The Morgan fingerprint density at radius 2 is 1.43 bits per heavy atom. The van der Waals surface area contributed by atoms with E-state index in [1.54, 1.807) is 6.07 Å². The predicted molar refractivity (Wildman–Crippen MR) is 117 cm³/mol. The first kappa shape index (κ1) is 18.9. The Balaban J connectivity index is 1.31. The summed E-state index contributed by atoms with van der Waals surface area (Å²) in [6.07, 6.45) is 2.58. The average Bonchev–Trinajstić information content (AvgIpc) is 3.26. The standard InChI is InChI=1S/C22H27ClN4O/c1-17-4-5-18(16-21(17)23)24-22(28)27-14-12-26(13-15-27)20-8-6-19(7-9-20)25-10-2-3-11-25/h4-9,16H,2-3,10-15H2,1H3,(H,24,28). The Kier molecular flexibility index (Phi) is 5.62. The molecule has 0 atom stereocenters. The van der Waals surface area contributed by atoms with E-state index in [9.17, 15) is 4.79 Å². The number of rotatable bonds is 3. The number of amides is 2. The number of hydrogen-bond donors (Lipinski definition) is 1. The van der Waals surface area contributed by atoms with Gasteiger partial charge in [-0.25, -0.2) is 4.79 Å². The molecular weight excluding hydrogens is 372 g/mol. The molecule has 4 rings (SSSR count). The molecule has 5 nitrogen and oxygen atoms in total. The molecule has 2 aliphatic heterocycles. The van der Waals surface area contributed by atoms with Gasteiger partial charge in [0.2, 0.25) is 0 Å². The van der Waals surface area contributed by atoms with E-state index in [0.29, 0.717) is 18.1 Å². The number of benzene rings is 2. The van der Waals surface area contributed by atoms with Crippen molar-refractivity contribution in [1.29, 1.82) is 0 Å². The highest BCUT2D eigenvalue weighted by molar-refractivity contribution is 6.31. The van der Waals surface area contributed by atoms with E-state index < -0.39 is 0 Å². The summed E-state index contributed by atoms with van der Waals surface area (Å²) < 4.78 is 0. The monoisotopic (exact) mass is 398 g/mol. The number of carbonyl (C=O) groups excluding carboxylic acids is 1. The zero-order valence-electron chi connectivity index (χ0n) is 16.3. The van der Waals surface area contributed by atoms with Crippen molar-refractivity contribution in [2.45, 2.75) is 19.8 Å². The van der Waals surface area contributed by atoms with Gasteiger partial charge in [0.05, 0.1) is 0 Å². The van der Waals surface area contributed by atoms with E-state index in [2.05, 4.69) is 39.4 Å². The number of carbonyl (C=O) groups is 1. The van der Waals surface area contributed by atoms with Crippen LogP contribution in [0, 0.1) is 6.92 Å². The van der Waals surface area contributed by atoms with Gasteiger partial charge in [-0.05, 0) is 61.7 Å². The number of anilines is 3. The summed E-state index contributed by atoms with van der Waals surface area (Å²) in [5.74, 6) is 0. The molecule has 2 aromatic rings. The van der Waals surface area contributed by atoms with Crippen LogP contribution in [0.3, 0.4) is 0 Å². The highest BCUT2D eigenvalue weighted by Gasteiger charge is 2.22. The fourth-order valence-corrected chi connectivity index (χ4v) is 4.07. The second-order valence-electron chi connectivity index (χ2n) is 7.58. The number of aryl methyl sites for hydroxylation is 1. The molecule has 2 aliphatic rings. The van der Waals surface area contributed by atoms with Gasteiger partial charge in [-0.2, -0.15) is 0 Å². The average molecular weight is 399 g/mol. The van der Waals surface area contributed by atoms with Crippen molar-refractivity contribution < 1.29 is 4.79 Å². The number of halogens is 1. The lowest BCUT2D eigenvalue weighted by Gasteiger charge is -2.36. The van der Waals surface area contributed by atoms with Gasteiger partial charge in [0, 0.05) is 61.4 Å². The number of nitrogens with zero attached hydrogens (tertiary/aromatic N) is 3.